The van der Waals surface area contributed by atoms with Crippen molar-refractivity contribution in [2.45, 2.75) is 6.92 Å². The van der Waals surface area contributed by atoms with E-state index in [0.717, 1.165) is 14.6 Å². The van der Waals surface area contributed by atoms with Crippen molar-refractivity contribution in [3.63, 3.8) is 0 Å². The van der Waals surface area contributed by atoms with E-state index in [-0.39, 0.29) is 5.91 Å². The molecule has 0 radical (unpaired) electrons. The molecular formula is C11H9Br2N3O. The van der Waals surface area contributed by atoms with Gasteiger partial charge in [-0.05, 0) is 50.9 Å². The van der Waals surface area contributed by atoms with Crippen molar-refractivity contribution in [2.24, 2.45) is 0 Å². The van der Waals surface area contributed by atoms with Crippen LogP contribution in [0.15, 0.2) is 33.3 Å². The molecule has 0 bridgehead atoms. The number of para-hydroxylation sites is 1. The van der Waals surface area contributed by atoms with Crippen LogP contribution in [0.1, 0.15) is 16.1 Å². The Labute approximate surface area is 115 Å². The fraction of sp³-hybridized carbons (Fsp3) is 0.0909. The van der Waals surface area contributed by atoms with Gasteiger partial charge in [-0.15, -0.1) is 0 Å². The number of carbonyl (C=O) groups excluding carboxylic acids is 1. The number of hydrogen-bond acceptors (Lipinski definition) is 2. The Morgan fingerprint density at radius 1 is 1.35 bits per heavy atom. The second-order valence-corrected chi connectivity index (χ2v) is 5.17. The van der Waals surface area contributed by atoms with Crippen LogP contribution in [-0.4, -0.2) is 16.1 Å². The van der Waals surface area contributed by atoms with Crippen LogP contribution in [0.3, 0.4) is 0 Å². The summed E-state index contributed by atoms with van der Waals surface area (Å²) in [7, 11) is 0. The number of aromatic nitrogens is 2. The summed E-state index contributed by atoms with van der Waals surface area (Å²) >= 11 is 6.78. The molecule has 1 aromatic carbocycles. The van der Waals surface area contributed by atoms with Crippen molar-refractivity contribution in [3.8, 4) is 0 Å². The molecule has 0 fully saturated rings. The topological polar surface area (TPSA) is 57.8 Å². The maximum atomic E-state index is 12.0. The van der Waals surface area contributed by atoms with Crippen molar-refractivity contribution >= 4 is 43.5 Å². The van der Waals surface area contributed by atoms with E-state index >= 15 is 0 Å². The predicted molar refractivity (Wildman–Crippen MR) is 73.1 cm³/mol. The number of anilines is 1. The van der Waals surface area contributed by atoms with Crippen LogP contribution in [-0.2, 0) is 0 Å². The molecule has 0 aliphatic carbocycles. The smallest absolute Gasteiger partial charge is 0.259 e. The van der Waals surface area contributed by atoms with E-state index in [1.807, 2.05) is 18.2 Å². The zero-order chi connectivity index (χ0) is 12.4. The summed E-state index contributed by atoms with van der Waals surface area (Å²) in [6, 6.07) is 5.61. The molecule has 17 heavy (non-hydrogen) atoms. The third kappa shape index (κ3) is 2.58. The number of H-pyrrole nitrogens is 1. The average Bonchev–Trinajstić information content (AvgIpc) is 2.70. The standard InChI is InChI=1S/C11H9Br2N3O/c1-6-7(5-14-16-6)11(17)15-10-8(12)3-2-4-9(10)13/h2-5H,1H3,(H,14,16)(H,15,17). The van der Waals surface area contributed by atoms with Gasteiger partial charge in [0.15, 0.2) is 0 Å². The molecule has 2 rings (SSSR count). The van der Waals surface area contributed by atoms with E-state index in [2.05, 4.69) is 47.4 Å². The Bertz CT molecular complexity index is 545. The van der Waals surface area contributed by atoms with Gasteiger partial charge in [0, 0.05) is 14.6 Å². The van der Waals surface area contributed by atoms with Crippen molar-refractivity contribution in [2.75, 3.05) is 5.32 Å². The van der Waals surface area contributed by atoms with Crippen LogP contribution in [0.2, 0.25) is 0 Å². The molecule has 2 aromatic rings. The van der Waals surface area contributed by atoms with E-state index in [1.54, 1.807) is 6.92 Å². The Hall–Kier alpha value is -1.14. The summed E-state index contributed by atoms with van der Waals surface area (Å²) in [6.45, 7) is 1.80. The molecule has 0 saturated heterocycles. The minimum absolute atomic E-state index is 0.191. The number of halogens is 2. The summed E-state index contributed by atoms with van der Waals surface area (Å²) in [5, 5.41) is 9.38. The molecule has 4 nitrogen and oxygen atoms in total. The molecule has 0 aliphatic heterocycles. The molecule has 0 aliphatic rings. The molecule has 88 valence electrons. The first-order valence-corrected chi connectivity index (χ1v) is 6.43. The Morgan fingerprint density at radius 2 is 2.00 bits per heavy atom. The molecule has 1 aromatic heterocycles. The van der Waals surface area contributed by atoms with Crippen molar-refractivity contribution < 1.29 is 4.79 Å². The van der Waals surface area contributed by atoms with E-state index < -0.39 is 0 Å². The van der Waals surface area contributed by atoms with E-state index in [9.17, 15) is 4.79 Å². The quantitative estimate of drug-likeness (QED) is 0.863. The second kappa shape index (κ2) is 5.01. The molecule has 6 heteroatoms. The Kier molecular flexibility index (Phi) is 3.63. The fourth-order valence-electron chi connectivity index (χ4n) is 1.38. The number of hydrogen-bond donors (Lipinski definition) is 2. The monoisotopic (exact) mass is 357 g/mol. The highest BCUT2D eigenvalue weighted by atomic mass is 79.9. The lowest BCUT2D eigenvalue weighted by Gasteiger charge is -2.08. The third-order valence-corrected chi connectivity index (χ3v) is 3.60. The van der Waals surface area contributed by atoms with Crippen LogP contribution < -0.4 is 5.32 Å². The molecular weight excluding hydrogens is 350 g/mol. The van der Waals surface area contributed by atoms with Gasteiger partial charge in [0.2, 0.25) is 0 Å². The molecule has 0 spiro atoms. The zero-order valence-corrected chi connectivity index (χ0v) is 12.1. The predicted octanol–water partition coefficient (Wildman–Crippen LogP) is 3.50. The number of aryl methyl sites for hydroxylation is 1. The molecule has 2 N–H and O–H groups in total. The minimum Gasteiger partial charge on any atom is -0.320 e. The minimum atomic E-state index is -0.191. The molecule has 0 atom stereocenters. The lowest BCUT2D eigenvalue weighted by atomic mass is 10.2. The number of nitrogens with zero attached hydrogens (tertiary/aromatic N) is 1. The summed E-state index contributed by atoms with van der Waals surface area (Å²) < 4.78 is 1.64. The van der Waals surface area contributed by atoms with E-state index in [1.165, 1.54) is 6.20 Å². The normalized spacial score (nSPS) is 10.3. The molecule has 1 heterocycles. The lowest BCUT2D eigenvalue weighted by Crippen LogP contribution is -2.13. The van der Waals surface area contributed by atoms with Crippen molar-refractivity contribution in [1.82, 2.24) is 10.2 Å². The van der Waals surface area contributed by atoms with E-state index in [0.29, 0.717) is 11.3 Å². The van der Waals surface area contributed by atoms with Gasteiger partial charge in [-0.2, -0.15) is 5.10 Å². The highest BCUT2D eigenvalue weighted by Gasteiger charge is 2.13. The largest absolute Gasteiger partial charge is 0.320 e. The van der Waals surface area contributed by atoms with Crippen LogP contribution in [0.25, 0.3) is 0 Å². The summed E-state index contributed by atoms with van der Waals surface area (Å²) in [5.41, 5.74) is 1.98. The highest BCUT2D eigenvalue weighted by Crippen LogP contribution is 2.30. The van der Waals surface area contributed by atoms with Crippen LogP contribution in [0.5, 0.6) is 0 Å². The van der Waals surface area contributed by atoms with Crippen molar-refractivity contribution in [1.29, 1.82) is 0 Å². The first kappa shape index (κ1) is 12.3. The number of rotatable bonds is 2. The van der Waals surface area contributed by atoms with E-state index in [4.69, 9.17) is 0 Å². The second-order valence-electron chi connectivity index (χ2n) is 3.46. The van der Waals surface area contributed by atoms with Crippen LogP contribution >= 0.6 is 31.9 Å². The van der Waals surface area contributed by atoms with Gasteiger partial charge in [-0.1, -0.05) is 6.07 Å². The van der Waals surface area contributed by atoms with Gasteiger partial charge in [-0.25, -0.2) is 0 Å². The number of nitrogens with one attached hydrogen (secondary N) is 2. The van der Waals surface area contributed by atoms with Crippen LogP contribution in [0, 0.1) is 6.92 Å². The number of carbonyl (C=O) groups is 1. The maximum absolute atomic E-state index is 12.0. The highest BCUT2D eigenvalue weighted by molar-refractivity contribution is 9.11. The fourth-order valence-corrected chi connectivity index (χ4v) is 2.57. The Balaban J connectivity index is 2.28. The van der Waals surface area contributed by atoms with Gasteiger partial charge in [0.05, 0.1) is 17.4 Å². The van der Waals surface area contributed by atoms with Gasteiger partial charge in [-0.3, -0.25) is 9.89 Å². The van der Waals surface area contributed by atoms with Gasteiger partial charge in [0.25, 0.3) is 5.91 Å². The van der Waals surface area contributed by atoms with Crippen molar-refractivity contribution in [3.05, 3.63) is 44.6 Å². The van der Waals surface area contributed by atoms with Gasteiger partial charge >= 0.3 is 0 Å². The summed E-state index contributed by atoms with van der Waals surface area (Å²) in [4.78, 5) is 12.0. The first-order chi connectivity index (χ1) is 8.09. The zero-order valence-electron chi connectivity index (χ0n) is 8.92. The Morgan fingerprint density at radius 3 is 2.53 bits per heavy atom. The molecule has 0 saturated carbocycles. The molecule has 1 amide bonds. The van der Waals surface area contributed by atoms with Gasteiger partial charge in [0.1, 0.15) is 0 Å². The summed E-state index contributed by atoms with van der Waals surface area (Å²) in [6.07, 6.45) is 1.51. The maximum Gasteiger partial charge on any atom is 0.259 e. The molecule has 0 unspecified atom stereocenters. The average molecular weight is 359 g/mol. The van der Waals surface area contributed by atoms with Crippen LogP contribution in [0.4, 0.5) is 5.69 Å². The number of amides is 1. The number of benzene rings is 1. The third-order valence-electron chi connectivity index (χ3n) is 2.28. The van der Waals surface area contributed by atoms with Gasteiger partial charge < -0.3 is 5.32 Å². The first-order valence-electron chi connectivity index (χ1n) is 4.85. The lowest BCUT2D eigenvalue weighted by molar-refractivity contribution is 0.102. The number of aromatic amines is 1. The SMILES string of the molecule is Cc1[nH]ncc1C(=O)Nc1c(Br)cccc1Br. The summed E-state index contributed by atoms with van der Waals surface area (Å²) in [5.74, 6) is -0.191.